The van der Waals surface area contributed by atoms with E-state index in [1.54, 1.807) is 36.4 Å². The first-order chi connectivity index (χ1) is 13.5. The van der Waals surface area contributed by atoms with Gasteiger partial charge >= 0.3 is 5.97 Å². The van der Waals surface area contributed by atoms with Crippen molar-refractivity contribution in [3.63, 3.8) is 0 Å². The summed E-state index contributed by atoms with van der Waals surface area (Å²) < 4.78 is 23.3. The smallest absolute Gasteiger partial charge is 0.337 e. The van der Waals surface area contributed by atoms with Gasteiger partial charge in [0.05, 0.1) is 12.7 Å². The molecule has 1 aliphatic rings. The number of aliphatic hydroxyl groups excluding tert-OH is 1. The first kappa shape index (κ1) is 20.1. The summed E-state index contributed by atoms with van der Waals surface area (Å²) in [5, 5.41) is 10.3. The fourth-order valence-corrected chi connectivity index (χ4v) is 3.19. The quantitative estimate of drug-likeness (QED) is 0.734. The number of benzene rings is 2. The maximum Gasteiger partial charge on any atom is 0.337 e. The predicted octanol–water partition coefficient (Wildman–Crippen LogP) is 2.17. The Morgan fingerprint density at radius 3 is 2.32 bits per heavy atom. The van der Waals surface area contributed by atoms with E-state index in [0.717, 1.165) is 31.9 Å². The summed E-state index contributed by atoms with van der Waals surface area (Å²) in [6, 6.07) is 13.1. The van der Waals surface area contributed by atoms with Gasteiger partial charge in [0, 0.05) is 38.4 Å². The minimum Gasteiger partial charge on any atom is -0.491 e. The van der Waals surface area contributed by atoms with Crippen LogP contribution in [0.1, 0.15) is 10.4 Å². The molecule has 2 aromatic carbocycles. The third kappa shape index (κ3) is 5.43. The summed E-state index contributed by atoms with van der Waals surface area (Å²) in [5.41, 5.74) is 1.47. The average Bonchev–Trinajstić information content (AvgIpc) is 2.73. The summed E-state index contributed by atoms with van der Waals surface area (Å²) in [4.78, 5) is 15.8. The lowest BCUT2D eigenvalue weighted by Gasteiger charge is -2.36. The number of carbonyl (C=O) groups is 1. The van der Waals surface area contributed by atoms with Crippen LogP contribution in [-0.2, 0) is 4.74 Å². The molecular weight excluding hydrogens is 363 g/mol. The Morgan fingerprint density at radius 1 is 1.07 bits per heavy atom. The van der Waals surface area contributed by atoms with Crippen LogP contribution in [0, 0.1) is 5.82 Å². The van der Waals surface area contributed by atoms with Gasteiger partial charge in [0.15, 0.2) is 0 Å². The van der Waals surface area contributed by atoms with Gasteiger partial charge in [-0.2, -0.15) is 0 Å². The highest BCUT2D eigenvalue weighted by atomic mass is 19.1. The number of nitrogens with zero attached hydrogens (tertiary/aromatic N) is 2. The molecule has 6 nitrogen and oxygen atoms in total. The number of β-amino-alcohol motifs (C(OH)–C–C–N with tert-alkyl or cyclic N) is 1. The maximum atomic E-state index is 13.0. The average molecular weight is 388 g/mol. The lowest BCUT2D eigenvalue weighted by molar-refractivity contribution is 0.0599. The van der Waals surface area contributed by atoms with Gasteiger partial charge in [0.25, 0.3) is 0 Å². The van der Waals surface area contributed by atoms with Gasteiger partial charge in [-0.15, -0.1) is 0 Å². The van der Waals surface area contributed by atoms with E-state index < -0.39 is 12.1 Å². The number of ether oxygens (including phenoxy) is 2. The number of methoxy groups -OCH3 is 1. The Hall–Kier alpha value is -2.64. The third-order valence-electron chi connectivity index (χ3n) is 4.75. The van der Waals surface area contributed by atoms with Crippen LogP contribution in [0.4, 0.5) is 10.1 Å². The van der Waals surface area contributed by atoms with E-state index in [2.05, 4.69) is 14.5 Å². The lowest BCUT2D eigenvalue weighted by atomic mass is 10.2. The Balaban J connectivity index is 1.40. The van der Waals surface area contributed by atoms with Crippen LogP contribution in [-0.4, -0.2) is 68.5 Å². The molecule has 1 fully saturated rings. The zero-order chi connectivity index (χ0) is 19.9. The van der Waals surface area contributed by atoms with E-state index in [1.807, 2.05) is 0 Å². The van der Waals surface area contributed by atoms with Crippen molar-refractivity contribution in [2.75, 3.05) is 51.3 Å². The molecule has 0 radical (unpaired) electrons. The van der Waals surface area contributed by atoms with E-state index in [1.165, 1.54) is 19.2 Å². The van der Waals surface area contributed by atoms with Gasteiger partial charge in [0.1, 0.15) is 24.3 Å². The highest BCUT2D eigenvalue weighted by Gasteiger charge is 2.20. The number of carbonyl (C=O) groups excluding carboxylic acids is 1. The minimum absolute atomic E-state index is 0.176. The molecule has 0 spiro atoms. The van der Waals surface area contributed by atoms with Crippen LogP contribution < -0.4 is 9.64 Å². The van der Waals surface area contributed by atoms with Gasteiger partial charge in [0.2, 0.25) is 0 Å². The SMILES string of the molecule is COC(=O)c1ccc(OCC(O)CN2CCN(c3ccc(F)cc3)CC2)cc1. The molecule has 0 aliphatic carbocycles. The van der Waals surface area contributed by atoms with Gasteiger partial charge in [-0.3, -0.25) is 4.90 Å². The van der Waals surface area contributed by atoms with Gasteiger partial charge < -0.3 is 19.5 Å². The van der Waals surface area contributed by atoms with Crippen molar-refractivity contribution in [2.45, 2.75) is 6.10 Å². The number of hydrogen-bond donors (Lipinski definition) is 1. The Labute approximate surface area is 164 Å². The molecule has 1 atom stereocenters. The summed E-state index contributed by atoms with van der Waals surface area (Å²) in [6.07, 6.45) is -0.613. The van der Waals surface area contributed by atoms with Gasteiger partial charge in [-0.05, 0) is 48.5 Å². The summed E-state index contributed by atoms with van der Waals surface area (Å²) in [6.45, 7) is 4.00. The van der Waals surface area contributed by atoms with Gasteiger partial charge in [-0.25, -0.2) is 9.18 Å². The third-order valence-corrected chi connectivity index (χ3v) is 4.75. The zero-order valence-corrected chi connectivity index (χ0v) is 15.9. The largest absolute Gasteiger partial charge is 0.491 e. The molecule has 0 amide bonds. The molecule has 1 aliphatic heterocycles. The fourth-order valence-electron chi connectivity index (χ4n) is 3.19. The Morgan fingerprint density at radius 2 is 1.71 bits per heavy atom. The van der Waals surface area contributed by atoms with E-state index in [4.69, 9.17) is 4.74 Å². The van der Waals surface area contributed by atoms with Crippen LogP contribution in [0.15, 0.2) is 48.5 Å². The predicted molar refractivity (Wildman–Crippen MR) is 104 cm³/mol. The molecule has 2 aromatic rings. The molecule has 1 N–H and O–H groups in total. The van der Waals surface area contributed by atoms with Crippen molar-refractivity contribution >= 4 is 11.7 Å². The number of piperazine rings is 1. The summed E-state index contributed by atoms with van der Waals surface area (Å²) >= 11 is 0. The molecule has 28 heavy (non-hydrogen) atoms. The Bertz CT molecular complexity index is 759. The molecule has 0 aromatic heterocycles. The monoisotopic (exact) mass is 388 g/mol. The van der Waals surface area contributed by atoms with Crippen LogP contribution >= 0.6 is 0 Å². The Kier molecular flexibility index (Phi) is 6.84. The first-order valence-electron chi connectivity index (χ1n) is 9.27. The van der Waals surface area contributed by atoms with Crippen molar-refractivity contribution in [3.05, 3.63) is 59.9 Å². The number of anilines is 1. The maximum absolute atomic E-state index is 13.0. The first-order valence-corrected chi connectivity index (χ1v) is 9.27. The summed E-state index contributed by atoms with van der Waals surface area (Å²) in [5.74, 6) is -0.0374. The number of hydrogen-bond acceptors (Lipinski definition) is 6. The van der Waals surface area contributed by atoms with Crippen molar-refractivity contribution in [2.24, 2.45) is 0 Å². The molecule has 1 saturated heterocycles. The zero-order valence-electron chi connectivity index (χ0n) is 15.9. The summed E-state index contributed by atoms with van der Waals surface area (Å²) in [7, 11) is 1.34. The van der Waals surface area contributed by atoms with E-state index in [0.29, 0.717) is 17.9 Å². The second-order valence-corrected chi connectivity index (χ2v) is 6.74. The van der Waals surface area contributed by atoms with Crippen molar-refractivity contribution in [3.8, 4) is 5.75 Å². The standard InChI is InChI=1S/C21H25FN2O4/c1-27-21(26)16-2-8-20(9-3-16)28-15-19(25)14-23-10-12-24(13-11-23)18-6-4-17(22)5-7-18/h2-9,19,25H,10-15H2,1H3. The number of aliphatic hydroxyl groups is 1. The number of halogens is 1. The van der Waals surface area contributed by atoms with Crippen LogP contribution in [0.25, 0.3) is 0 Å². The van der Waals surface area contributed by atoms with Gasteiger partial charge in [-0.1, -0.05) is 0 Å². The molecule has 3 rings (SSSR count). The van der Waals surface area contributed by atoms with Crippen molar-refractivity contribution in [1.82, 2.24) is 4.90 Å². The van der Waals surface area contributed by atoms with E-state index in [9.17, 15) is 14.3 Å². The van der Waals surface area contributed by atoms with Crippen molar-refractivity contribution < 1.29 is 23.8 Å². The second-order valence-electron chi connectivity index (χ2n) is 6.74. The molecule has 1 heterocycles. The van der Waals surface area contributed by atoms with Crippen LogP contribution in [0.5, 0.6) is 5.75 Å². The molecular formula is C21H25FN2O4. The molecule has 0 saturated carbocycles. The topological polar surface area (TPSA) is 62.2 Å². The minimum atomic E-state index is -0.613. The number of rotatable bonds is 7. The normalized spacial score (nSPS) is 15.9. The van der Waals surface area contributed by atoms with Crippen LogP contribution in [0.3, 0.4) is 0 Å². The fraction of sp³-hybridized carbons (Fsp3) is 0.381. The molecule has 150 valence electrons. The van der Waals surface area contributed by atoms with E-state index in [-0.39, 0.29) is 12.4 Å². The molecule has 1 unspecified atom stereocenters. The van der Waals surface area contributed by atoms with E-state index >= 15 is 0 Å². The molecule has 0 bridgehead atoms. The highest BCUT2D eigenvalue weighted by Crippen LogP contribution is 2.17. The molecule has 7 heteroatoms. The second kappa shape index (κ2) is 9.52. The highest BCUT2D eigenvalue weighted by molar-refractivity contribution is 5.89. The van der Waals surface area contributed by atoms with Crippen molar-refractivity contribution in [1.29, 1.82) is 0 Å². The lowest BCUT2D eigenvalue weighted by Crippen LogP contribution is -2.49. The number of esters is 1. The van der Waals surface area contributed by atoms with Crippen LogP contribution in [0.2, 0.25) is 0 Å².